The van der Waals surface area contributed by atoms with E-state index in [4.69, 9.17) is 39.2 Å². The van der Waals surface area contributed by atoms with Crippen molar-refractivity contribution in [1.29, 1.82) is 0 Å². The van der Waals surface area contributed by atoms with Gasteiger partial charge in [0.05, 0.1) is 21.3 Å². The molecule has 0 spiro atoms. The molecule has 0 aliphatic rings. The zero-order valence-electron chi connectivity index (χ0n) is 12.8. The van der Waals surface area contributed by atoms with E-state index in [0.717, 1.165) is 5.69 Å². The Bertz CT molecular complexity index is 962. The number of halogens is 3. The molecule has 0 aliphatic heterocycles. The van der Waals surface area contributed by atoms with E-state index in [-0.39, 0.29) is 5.69 Å². The van der Waals surface area contributed by atoms with Crippen molar-refractivity contribution < 1.29 is 9.21 Å². The van der Waals surface area contributed by atoms with Crippen LogP contribution in [0.3, 0.4) is 0 Å². The monoisotopic (exact) mass is 396 g/mol. The number of amides is 1. The fraction of sp³-hybridized carbons (Fsp3) is 0.0625. The summed E-state index contributed by atoms with van der Waals surface area (Å²) in [6, 6.07) is 8.17. The number of aromatic nitrogens is 2. The molecule has 0 radical (unpaired) electrons. The molecule has 0 atom stereocenters. The predicted octanol–water partition coefficient (Wildman–Crippen LogP) is 4.70. The van der Waals surface area contributed by atoms with Gasteiger partial charge in [0, 0.05) is 11.3 Å². The van der Waals surface area contributed by atoms with Crippen molar-refractivity contribution in [3.8, 4) is 11.3 Å². The van der Waals surface area contributed by atoms with Gasteiger partial charge in [0.15, 0.2) is 5.69 Å². The molecule has 6 nitrogen and oxygen atoms in total. The predicted molar refractivity (Wildman–Crippen MR) is 97.6 cm³/mol. The lowest BCUT2D eigenvalue weighted by molar-refractivity contribution is 0.0950. The molecule has 2 N–H and O–H groups in total. The number of furan rings is 1. The number of hydrogen-bond acceptors (Lipinski definition) is 4. The van der Waals surface area contributed by atoms with Crippen molar-refractivity contribution in [1.82, 2.24) is 15.6 Å². The van der Waals surface area contributed by atoms with Gasteiger partial charge >= 0.3 is 0 Å². The molecule has 0 bridgehead atoms. The molecule has 0 saturated heterocycles. The first-order valence-corrected chi connectivity index (χ1v) is 8.17. The van der Waals surface area contributed by atoms with Gasteiger partial charge in [0.1, 0.15) is 11.5 Å². The number of hydrogen-bond donors (Lipinski definition) is 2. The van der Waals surface area contributed by atoms with Gasteiger partial charge in [-0.25, -0.2) is 5.43 Å². The molecule has 9 heteroatoms. The van der Waals surface area contributed by atoms with Crippen LogP contribution in [0.15, 0.2) is 39.9 Å². The summed E-state index contributed by atoms with van der Waals surface area (Å²) < 4.78 is 5.63. The van der Waals surface area contributed by atoms with Crippen LogP contribution in [0, 0.1) is 6.92 Å². The summed E-state index contributed by atoms with van der Waals surface area (Å²) in [4.78, 5) is 11.8. The van der Waals surface area contributed by atoms with E-state index in [9.17, 15) is 4.79 Å². The minimum absolute atomic E-state index is 0.248. The van der Waals surface area contributed by atoms with Crippen LogP contribution < -0.4 is 5.43 Å². The lowest BCUT2D eigenvalue weighted by atomic mass is 10.2. The third kappa shape index (κ3) is 4.04. The van der Waals surface area contributed by atoms with Gasteiger partial charge in [0.2, 0.25) is 0 Å². The molecule has 3 rings (SSSR count). The van der Waals surface area contributed by atoms with Gasteiger partial charge < -0.3 is 4.42 Å². The second-order valence-electron chi connectivity index (χ2n) is 5.08. The normalized spacial score (nSPS) is 11.2. The first-order chi connectivity index (χ1) is 11.9. The van der Waals surface area contributed by atoms with Crippen LogP contribution in [0.1, 0.15) is 21.9 Å². The molecule has 0 saturated carbocycles. The van der Waals surface area contributed by atoms with Crippen molar-refractivity contribution in [3.63, 3.8) is 0 Å². The summed E-state index contributed by atoms with van der Waals surface area (Å²) >= 11 is 18.1. The Hall–Kier alpha value is -2.28. The maximum atomic E-state index is 11.8. The van der Waals surface area contributed by atoms with Gasteiger partial charge in [-0.05, 0) is 37.3 Å². The average Bonchev–Trinajstić information content (AvgIpc) is 3.20. The number of aryl methyl sites for hydroxylation is 1. The van der Waals surface area contributed by atoms with E-state index in [1.54, 1.807) is 37.3 Å². The molecule has 0 unspecified atom stereocenters. The number of hydrazone groups is 1. The summed E-state index contributed by atoms with van der Waals surface area (Å²) in [5.41, 5.74) is 3.99. The number of carbonyl (C=O) groups excluding carboxylic acids is 1. The van der Waals surface area contributed by atoms with Crippen LogP contribution >= 0.6 is 34.8 Å². The summed E-state index contributed by atoms with van der Waals surface area (Å²) in [5, 5.41) is 11.5. The van der Waals surface area contributed by atoms with Crippen LogP contribution in [0.5, 0.6) is 0 Å². The second kappa shape index (κ2) is 7.31. The fourth-order valence-corrected chi connectivity index (χ4v) is 2.66. The molecule has 2 heterocycles. The largest absolute Gasteiger partial charge is 0.455 e. The minimum atomic E-state index is -0.431. The topological polar surface area (TPSA) is 83.3 Å². The van der Waals surface area contributed by atoms with Crippen molar-refractivity contribution in [2.24, 2.45) is 5.10 Å². The lowest BCUT2D eigenvalue weighted by Crippen LogP contribution is -2.17. The minimum Gasteiger partial charge on any atom is -0.455 e. The Labute approximate surface area is 157 Å². The Morgan fingerprint density at radius 1 is 1.20 bits per heavy atom. The maximum absolute atomic E-state index is 11.8. The number of nitrogens with zero attached hydrogens (tertiary/aromatic N) is 2. The van der Waals surface area contributed by atoms with Gasteiger partial charge in [-0.1, -0.05) is 34.8 Å². The van der Waals surface area contributed by atoms with Crippen molar-refractivity contribution in [3.05, 3.63) is 62.5 Å². The molecular formula is C16H11Cl3N4O2. The summed E-state index contributed by atoms with van der Waals surface area (Å²) in [6.07, 6.45) is 1.37. The van der Waals surface area contributed by atoms with E-state index < -0.39 is 5.91 Å². The number of nitrogens with one attached hydrogen (secondary N) is 2. The average molecular weight is 398 g/mol. The molecule has 128 valence electrons. The summed E-state index contributed by atoms with van der Waals surface area (Å²) in [7, 11) is 0. The molecule has 3 aromatic rings. The highest BCUT2D eigenvalue weighted by molar-refractivity contribution is 6.44. The number of carbonyl (C=O) groups is 1. The van der Waals surface area contributed by atoms with Gasteiger partial charge in [-0.3, -0.25) is 9.89 Å². The Morgan fingerprint density at radius 2 is 1.96 bits per heavy atom. The Balaban J connectivity index is 1.71. The van der Waals surface area contributed by atoms with Gasteiger partial charge in [0.25, 0.3) is 5.91 Å². The zero-order valence-corrected chi connectivity index (χ0v) is 15.1. The van der Waals surface area contributed by atoms with Gasteiger partial charge in [-0.15, -0.1) is 0 Å². The molecule has 0 fully saturated rings. The van der Waals surface area contributed by atoms with E-state index in [1.165, 1.54) is 6.21 Å². The quantitative estimate of drug-likeness (QED) is 0.380. The van der Waals surface area contributed by atoms with E-state index in [1.807, 2.05) is 0 Å². The second-order valence-corrected chi connectivity index (χ2v) is 6.31. The third-order valence-electron chi connectivity index (χ3n) is 3.20. The molecule has 0 aliphatic carbocycles. The standard InChI is InChI=1S/C16H11Cl3N4O2/c1-8-4-14(22-21-8)16(24)23-20-7-9-2-3-15(25-9)10-5-12(18)13(19)6-11(10)17/h2-7H,1H3,(H,21,22)(H,23,24). The van der Waals surface area contributed by atoms with E-state index in [0.29, 0.717) is 32.2 Å². The van der Waals surface area contributed by atoms with E-state index in [2.05, 4.69) is 20.7 Å². The molecule has 1 amide bonds. The van der Waals surface area contributed by atoms with Crippen LogP contribution in [-0.4, -0.2) is 22.3 Å². The first-order valence-electron chi connectivity index (χ1n) is 7.04. The highest BCUT2D eigenvalue weighted by atomic mass is 35.5. The van der Waals surface area contributed by atoms with Crippen LogP contribution in [0.4, 0.5) is 0 Å². The maximum Gasteiger partial charge on any atom is 0.291 e. The summed E-state index contributed by atoms with van der Waals surface area (Å²) in [5.74, 6) is 0.495. The SMILES string of the molecule is Cc1cc(C(=O)NN=Cc2ccc(-c3cc(Cl)c(Cl)cc3Cl)o2)n[nH]1. The molecular weight excluding hydrogens is 387 g/mol. The van der Waals surface area contributed by atoms with Crippen molar-refractivity contribution in [2.75, 3.05) is 0 Å². The first kappa shape index (κ1) is 17.5. The molecule has 2 aromatic heterocycles. The summed E-state index contributed by atoms with van der Waals surface area (Å²) in [6.45, 7) is 1.80. The number of benzene rings is 1. The van der Waals surface area contributed by atoms with Crippen LogP contribution in [0.2, 0.25) is 15.1 Å². The molecule has 25 heavy (non-hydrogen) atoms. The Kier molecular flexibility index (Phi) is 5.13. The third-order valence-corrected chi connectivity index (χ3v) is 4.23. The number of H-pyrrole nitrogens is 1. The smallest absolute Gasteiger partial charge is 0.291 e. The van der Waals surface area contributed by atoms with Crippen molar-refractivity contribution in [2.45, 2.75) is 6.92 Å². The van der Waals surface area contributed by atoms with E-state index >= 15 is 0 Å². The highest BCUT2D eigenvalue weighted by Crippen LogP contribution is 2.35. The fourth-order valence-electron chi connectivity index (χ4n) is 2.02. The Morgan fingerprint density at radius 3 is 2.68 bits per heavy atom. The number of aromatic amines is 1. The van der Waals surface area contributed by atoms with Crippen LogP contribution in [0.25, 0.3) is 11.3 Å². The number of rotatable bonds is 4. The zero-order chi connectivity index (χ0) is 18.0. The lowest BCUT2D eigenvalue weighted by Gasteiger charge is -2.03. The van der Waals surface area contributed by atoms with Crippen LogP contribution in [-0.2, 0) is 0 Å². The molecule has 1 aromatic carbocycles. The highest BCUT2D eigenvalue weighted by Gasteiger charge is 2.12. The van der Waals surface area contributed by atoms with Gasteiger partial charge in [-0.2, -0.15) is 10.2 Å². The van der Waals surface area contributed by atoms with Crippen molar-refractivity contribution >= 4 is 46.9 Å².